The van der Waals surface area contributed by atoms with Gasteiger partial charge in [0.25, 0.3) is 0 Å². The summed E-state index contributed by atoms with van der Waals surface area (Å²) in [7, 11) is 1.46. The number of nitrogens with two attached hydrogens (primary N) is 2. The first kappa shape index (κ1) is 28.5. The number of hydrogen-bond donors (Lipinski definition) is 3. The summed E-state index contributed by atoms with van der Waals surface area (Å²) in [4.78, 5) is 16.8. The normalized spacial score (nSPS) is 19.1. The van der Waals surface area contributed by atoms with E-state index in [1.54, 1.807) is 13.0 Å². The fraction of sp³-hybridized carbons (Fsp3) is 0.333. The van der Waals surface area contributed by atoms with Crippen LogP contribution in [0.2, 0.25) is 0 Å². The highest BCUT2D eigenvalue weighted by Crippen LogP contribution is 2.43. The summed E-state index contributed by atoms with van der Waals surface area (Å²) in [5, 5.41) is 20.1. The van der Waals surface area contributed by atoms with E-state index < -0.39 is 28.7 Å². The van der Waals surface area contributed by atoms with E-state index in [4.69, 9.17) is 25.9 Å². The molecule has 5 N–H and O–H groups in total. The van der Waals surface area contributed by atoms with Crippen LogP contribution in [-0.4, -0.2) is 46.0 Å². The minimum atomic E-state index is -1.58. The molecule has 11 heteroatoms. The Balaban J connectivity index is 1.76. The molecular formula is C30H31F2N5O4. The first-order valence-corrected chi connectivity index (χ1v) is 13.1. The van der Waals surface area contributed by atoms with E-state index in [-0.39, 0.29) is 35.9 Å². The number of pyridine rings is 1. The third kappa shape index (κ3) is 5.23. The van der Waals surface area contributed by atoms with Crippen LogP contribution in [0.1, 0.15) is 53.1 Å². The first-order chi connectivity index (χ1) is 19.3. The predicted octanol–water partition coefficient (Wildman–Crippen LogP) is 3.80. The number of aliphatic hydroxyl groups is 1. The molecule has 0 spiro atoms. The number of carbonyl (C=O) groups excluding carboxylic acids is 1. The quantitative estimate of drug-likeness (QED) is 0.308. The minimum Gasteiger partial charge on any atom is -0.494 e. The number of benzene rings is 2. The lowest BCUT2D eigenvalue weighted by molar-refractivity contribution is -0.00402. The molecule has 2 unspecified atom stereocenters. The second-order valence-corrected chi connectivity index (χ2v) is 10.9. The number of nitrogens with zero attached hydrogens (tertiary/aromatic N) is 3. The number of methoxy groups -OCH3 is 1. The molecule has 1 amide bonds. The average molecular weight is 564 g/mol. The van der Waals surface area contributed by atoms with Gasteiger partial charge in [0.2, 0.25) is 5.91 Å². The van der Waals surface area contributed by atoms with Crippen molar-refractivity contribution in [1.29, 1.82) is 0 Å². The van der Waals surface area contributed by atoms with Crippen LogP contribution < -0.4 is 16.2 Å². The molecule has 0 radical (unpaired) electrons. The number of primary amides is 1. The fourth-order valence-electron chi connectivity index (χ4n) is 5.34. The van der Waals surface area contributed by atoms with E-state index in [2.05, 4.69) is 10.2 Å². The monoisotopic (exact) mass is 563 g/mol. The summed E-state index contributed by atoms with van der Waals surface area (Å²) < 4.78 is 41.4. The van der Waals surface area contributed by atoms with Crippen molar-refractivity contribution in [2.45, 2.75) is 50.9 Å². The molecule has 1 saturated heterocycles. The van der Waals surface area contributed by atoms with Crippen LogP contribution >= 0.6 is 0 Å². The highest BCUT2D eigenvalue weighted by atomic mass is 19.1. The van der Waals surface area contributed by atoms with Crippen LogP contribution in [0.3, 0.4) is 0 Å². The highest BCUT2D eigenvalue weighted by Gasteiger charge is 2.44. The van der Waals surface area contributed by atoms with Crippen LogP contribution in [0.25, 0.3) is 22.2 Å². The SMILES string of the molecule is COc1cc(C(N)=O)cc2c(CC3(c4cc(C(C)(C)O)c(F)c(-c5ccc(F)cc5)n4)CC(N)CO3)c(C)nnc12. The van der Waals surface area contributed by atoms with Gasteiger partial charge in [-0.1, -0.05) is 0 Å². The van der Waals surface area contributed by atoms with Crippen molar-refractivity contribution in [3.05, 3.63) is 82.2 Å². The summed E-state index contributed by atoms with van der Waals surface area (Å²) in [6.07, 6.45) is 0.492. The minimum absolute atomic E-state index is 0.00242. The number of aryl methyl sites for hydroxylation is 1. The van der Waals surface area contributed by atoms with Crippen LogP contribution in [0, 0.1) is 18.6 Å². The number of halogens is 2. The van der Waals surface area contributed by atoms with Crippen molar-refractivity contribution in [3.63, 3.8) is 0 Å². The number of fused-ring (bicyclic) bond motifs is 1. The van der Waals surface area contributed by atoms with Crippen LogP contribution in [-0.2, 0) is 22.4 Å². The summed E-state index contributed by atoms with van der Waals surface area (Å²) in [6, 6.07) is 9.54. The Morgan fingerprint density at radius 1 is 1.20 bits per heavy atom. The van der Waals surface area contributed by atoms with Crippen LogP contribution in [0.5, 0.6) is 5.75 Å². The largest absolute Gasteiger partial charge is 0.494 e. The van der Waals surface area contributed by atoms with Crippen molar-refractivity contribution in [1.82, 2.24) is 15.2 Å². The van der Waals surface area contributed by atoms with Gasteiger partial charge in [-0.05, 0) is 75.2 Å². The van der Waals surface area contributed by atoms with E-state index in [0.717, 1.165) is 0 Å². The van der Waals surface area contributed by atoms with E-state index >= 15 is 4.39 Å². The van der Waals surface area contributed by atoms with E-state index in [1.165, 1.54) is 57.4 Å². The number of aromatic nitrogens is 3. The maximum absolute atomic E-state index is 15.9. The van der Waals surface area contributed by atoms with Gasteiger partial charge in [-0.25, -0.2) is 13.8 Å². The highest BCUT2D eigenvalue weighted by molar-refractivity contribution is 6.00. The van der Waals surface area contributed by atoms with Gasteiger partial charge in [-0.15, -0.1) is 5.10 Å². The molecule has 1 fully saturated rings. The maximum Gasteiger partial charge on any atom is 0.248 e. The molecule has 1 aliphatic heterocycles. The van der Waals surface area contributed by atoms with Gasteiger partial charge < -0.3 is 26.0 Å². The lowest BCUT2D eigenvalue weighted by Crippen LogP contribution is -2.33. The second kappa shape index (κ2) is 10.4. The van der Waals surface area contributed by atoms with E-state index in [1.807, 2.05) is 0 Å². The van der Waals surface area contributed by atoms with Gasteiger partial charge in [0.05, 0.1) is 30.7 Å². The summed E-state index contributed by atoms with van der Waals surface area (Å²) in [5.41, 5.74) is 11.7. The van der Waals surface area contributed by atoms with Crippen molar-refractivity contribution >= 4 is 16.8 Å². The molecule has 5 rings (SSSR count). The third-order valence-corrected chi connectivity index (χ3v) is 7.47. The lowest BCUT2D eigenvalue weighted by Gasteiger charge is -2.31. The van der Waals surface area contributed by atoms with Crippen molar-refractivity contribution in [3.8, 4) is 17.0 Å². The number of carbonyl (C=O) groups is 1. The molecule has 2 aromatic carbocycles. The van der Waals surface area contributed by atoms with Gasteiger partial charge in [-0.2, -0.15) is 5.10 Å². The molecule has 214 valence electrons. The zero-order chi connectivity index (χ0) is 29.7. The average Bonchev–Trinajstić information content (AvgIpc) is 3.30. The molecule has 0 aliphatic carbocycles. The predicted molar refractivity (Wildman–Crippen MR) is 148 cm³/mol. The Labute approximate surface area is 235 Å². The Morgan fingerprint density at radius 3 is 2.49 bits per heavy atom. The molecule has 2 aromatic heterocycles. The van der Waals surface area contributed by atoms with Gasteiger partial charge in [0, 0.05) is 34.5 Å². The molecule has 4 aromatic rings. The zero-order valence-electron chi connectivity index (χ0n) is 23.2. The van der Waals surface area contributed by atoms with Crippen molar-refractivity contribution < 1.29 is 28.2 Å². The first-order valence-electron chi connectivity index (χ1n) is 13.1. The van der Waals surface area contributed by atoms with Gasteiger partial charge in [0.15, 0.2) is 5.82 Å². The Morgan fingerprint density at radius 2 is 1.90 bits per heavy atom. The van der Waals surface area contributed by atoms with Crippen molar-refractivity contribution in [2.75, 3.05) is 13.7 Å². The standard InChI is InChI=1S/C30H31F2N5O4/c1-15-21(20-9-17(28(34)38)10-23(40-4)27(20)37-36-15)13-30(12-19(33)14-41-30)24-11-22(29(2,3)39)25(32)26(35-24)16-5-7-18(31)8-6-16/h5-11,19,39H,12-14,33H2,1-4H3,(H2,34,38). The van der Waals surface area contributed by atoms with Crippen LogP contribution in [0.15, 0.2) is 42.5 Å². The molecule has 2 atom stereocenters. The van der Waals surface area contributed by atoms with Gasteiger partial charge in [-0.3, -0.25) is 4.79 Å². The molecule has 1 aliphatic rings. The number of ether oxygens (including phenoxy) is 2. The Kier molecular flexibility index (Phi) is 7.22. The van der Waals surface area contributed by atoms with E-state index in [0.29, 0.717) is 45.6 Å². The van der Waals surface area contributed by atoms with E-state index in [9.17, 15) is 14.3 Å². The molecule has 3 heterocycles. The summed E-state index contributed by atoms with van der Waals surface area (Å²) in [5.74, 6) is -1.52. The summed E-state index contributed by atoms with van der Waals surface area (Å²) >= 11 is 0. The van der Waals surface area contributed by atoms with Crippen LogP contribution in [0.4, 0.5) is 8.78 Å². The molecular weight excluding hydrogens is 532 g/mol. The third-order valence-electron chi connectivity index (χ3n) is 7.47. The molecule has 0 bridgehead atoms. The van der Waals surface area contributed by atoms with Gasteiger partial charge >= 0.3 is 0 Å². The summed E-state index contributed by atoms with van der Waals surface area (Å²) in [6.45, 7) is 4.92. The zero-order valence-corrected chi connectivity index (χ0v) is 23.2. The smallest absolute Gasteiger partial charge is 0.248 e. The van der Waals surface area contributed by atoms with Gasteiger partial charge in [0.1, 0.15) is 28.4 Å². The number of rotatable bonds is 7. The molecule has 41 heavy (non-hydrogen) atoms. The molecule has 0 saturated carbocycles. The second-order valence-electron chi connectivity index (χ2n) is 10.9. The van der Waals surface area contributed by atoms with Crippen molar-refractivity contribution in [2.24, 2.45) is 11.5 Å². The Hall–Kier alpha value is -4.06. The lowest BCUT2D eigenvalue weighted by atomic mass is 9.83. The topological polar surface area (TPSA) is 146 Å². The fourth-order valence-corrected chi connectivity index (χ4v) is 5.34. The number of amides is 1. The molecule has 9 nitrogen and oxygen atoms in total. The maximum atomic E-state index is 15.9. The Bertz CT molecular complexity index is 1660. The number of hydrogen-bond acceptors (Lipinski definition) is 8.